The third-order valence-corrected chi connectivity index (χ3v) is 4.62. The maximum Gasteiger partial charge on any atom is 0.191 e. The van der Waals surface area contributed by atoms with Gasteiger partial charge in [-0.2, -0.15) is 0 Å². The van der Waals surface area contributed by atoms with Crippen LogP contribution in [0.25, 0.3) is 0 Å². The average molecular weight is 357 g/mol. The van der Waals surface area contributed by atoms with Crippen molar-refractivity contribution in [2.75, 3.05) is 32.7 Å². The number of nitrogens with zero attached hydrogens (tertiary/aromatic N) is 3. The van der Waals surface area contributed by atoms with E-state index in [-0.39, 0.29) is 11.9 Å². The molecule has 1 unspecified atom stereocenters. The zero-order valence-corrected chi connectivity index (χ0v) is 14.1. The highest BCUT2D eigenvalue weighted by Crippen LogP contribution is 2.28. The summed E-state index contributed by atoms with van der Waals surface area (Å²) in [7, 11) is 0. The van der Waals surface area contributed by atoms with Crippen LogP contribution in [-0.4, -0.2) is 48.5 Å². The lowest BCUT2D eigenvalue weighted by Crippen LogP contribution is -2.41. The predicted molar refractivity (Wildman–Crippen MR) is 87.8 cm³/mol. The van der Waals surface area contributed by atoms with Crippen LogP contribution in [0.2, 0.25) is 0 Å². The second-order valence-electron chi connectivity index (χ2n) is 5.11. The molecule has 0 amide bonds. The highest BCUT2D eigenvalue weighted by Gasteiger charge is 2.27. The van der Waals surface area contributed by atoms with Gasteiger partial charge < -0.3 is 15.5 Å². The van der Waals surface area contributed by atoms with Crippen molar-refractivity contribution in [1.82, 2.24) is 9.80 Å². The van der Waals surface area contributed by atoms with Gasteiger partial charge in [-0.3, -0.25) is 4.99 Å². The highest BCUT2D eigenvalue weighted by atomic mass is 79.9. The second-order valence-corrected chi connectivity index (χ2v) is 5.96. The van der Waals surface area contributed by atoms with Crippen molar-refractivity contribution in [2.24, 2.45) is 10.7 Å². The van der Waals surface area contributed by atoms with Crippen LogP contribution in [0.3, 0.4) is 0 Å². The van der Waals surface area contributed by atoms with Crippen molar-refractivity contribution in [2.45, 2.75) is 19.9 Å². The maximum atomic E-state index is 13.7. The molecular formula is C15H22BrFN4. The molecule has 1 aliphatic heterocycles. The van der Waals surface area contributed by atoms with Gasteiger partial charge in [0.2, 0.25) is 0 Å². The summed E-state index contributed by atoms with van der Waals surface area (Å²) >= 11 is 3.18. The van der Waals surface area contributed by atoms with E-state index in [9.17, 15) is 4.39 Å². The van der Waals surface area contributed by atoms with Gasteiger partial charge in [0.25, 0.3) is 0 Å². The van der Waals surface area contributed by atoms with Crippen LogP contribution in [0.4, 0.5) is 4.39 Å². The van der Waals surface area contributed by atoms with Gasteiger partial charge in [0, 0.05) is 13.1 Å². The van der Waals surface area contributed by atoms with E-state index in [1.54, 1.807) is 12.1 Å². The molecule has 1 atom stereocenters. The number of hydrogen-bond acceptors (Lipinski definition) is 4. The van der Waals surface area contributed by atoms with Crippen LogP contribution >= 0.6 is 15.9 Å². The summed E-state index contributed by atoms with van der Waals surface area (Å²) in [5.74, 6) is 0.303. The molecule has 0 saturated carbocycles. The van der Waals surface area contributed by atoms with E-state index in [2.05, 4.69) is 44.6 Å². The number of nitrogens with two attached hydrogens (primary N) is 1. The molecule has 21 heavy (non-hydrogen) atoms. The van der Waals surface area contributed by atoms with Crippen molar-refractivity contribution >= 4 is 21.9 Å². The van der Waals surface area contributed by atoms with Gasteiger partial charge in [-0.25, -0.2) is 4.39 Å². The molecule has 0 spiro atoms. The fourth-order valence-electron chi connectivity index (χ4n) is 2.59. The number of hydrogen-bond donors (Lipinski definition) is 1. The zero-order chi connectivity index (χ0) is 15.4. The van der Waals surface area contributed by atoms with Crippen LogP contribution in [0, 0.1) is 5.82 Å². The Balaban J connectivity index is 2.10. The molecule has 4 nitrogen and oxygen atoms in total. The number of likely N-dealkylation sites (N-methyl/N-ethyl adjacent to an activating group) is 1. The molecule has 0 aromatic heterocycles. The molecule has 1 aromatic carbocycles. The average Bonchev–Trinajstić information content (AvgIpc) is 2.84. The Labute approximate surface area is 133 Å². The zero-order valence-electron chi connectivity index (χ0n) is 12.5. The topological polar surface area (TPSA) is 44.9 Å². The summed E-state index contributed by atoms with van der Waals surface area (Å²) in [6.45, 7) is 8.64. The minimum absolute atomic E-state index is 0.0307. The van der Waals surface area contributed by atoms with Gasteiger partial charge >= 0.3 is 0 Å². The van der Waals surface area contributed by atoms with E-state index >= 15 is 0 Å². The number of aliphatic imine (C=N–C) groups is 1. The summed E-state index contributed by atoms with van der Waals surface area (Å²) in [6, 6.07) is 5.26. The van der Waals surface area contributed by atoms with Crippen LogP contribution < -0.4 is 5.73 Å². The predicted octanol–water partition coefficient (Wildman–Crippen LogP) is 2.60. The Morgan fingerprint density at radius 3 is 2.76 bits per heavy atom. The fourth-order valence-corrected chi connectivity index (χ4v) is 2.84. The Hall–Kier alpha value is -1.14. The van der Waals surface area contributed by atoms with Gasteiger partial charge in [-0.05, 0) is 46.7 Å². The first-order valence-corrected chi connectivity index (χ1v) is 8.10. The number of halogens is 2. The van der Waals surface area contributed by atoms with E-state index in [1.165, 1.54) is 0 Å². The number of benzene rings is 1. The monoisotopic (exact) mass is 356 g/mol. The number of rotatable bonds is 6. The van der Waals surface area contributed by atoms with E-state index in [0.29, 0.717) is 17.0 Å². The molecule has 6 heteroatoms. The molecule has 1 heterocycles. The van der Waals surface area contributed by atoms with Crippen LogP contribution in [0.1, 0.15) is 25.5 Å². The van der Waals surface area contributed by atoms with E-state index in [0.717, 1.165) is 31.7 Å². The maximum absolute atomic E-state index is 13.7. The van der Waals surface area contributed by atoms with Gasteiger partial charge in [-0.15, -0.1) is 0 Å². The van der Waals surface area contributed by atoms with Crippen molar-refractivity contribution < 1.29 is 4.39 Å². The third kappa shape index (κ3) is 3.74. The first-order chi connectivity index (χ1) is 10.1. The molecule has 2 rings (SSSR count). The van der Waals surface area contributed by atoms with Gasteiger partial charge in [0.15, 0.2) is 5.96 Å². The first-order valence-electron chi connectivity index (χ1n) is 7.30. The van der Waals surface area contributed by atoms with Crippen molar-refractivity contribution in [3.05, 3.63) is 34.1 Å². The van der Waals surface area contributed by atoms with Gasteiger partial charge in [-0.1, -0.05) is 19.9 Å². The molecule has 1 aliphatic rings. The van der Waals surface area contributed by atoms with Crippen LogP contribution in [0.5, 0.6) is 0 Å². The molecule has 0 aliphatic carbocycles. The summed E-state index contributed by atoms with van der Waals surface area (Å²) < 4.78 is 14.2. The Kier molecular flexibility index (Phi) is 5.58. The Bertz CT molecular complexity index is 516. The van der Waals surface area contributed by atoms with Crippen LogP contribution in [-0.2, 0) is 0 Å². The largest absolute Gasteiger partial charge is 0.370 e. The van der Waals surface area contributed by atoms with E-state index in [1.807, 2.05) is 6.07 Å². The molecule has 0 fully saturated rings. The molecule has 1 aromatic rings. The van der Waals surface area contributed by atoms with Crippen LogP contribution in [0.15, 0.2) is 27.7 Å². The standard InChI is InChI=1S/C15H22BrFN4/c1-3-20(4-2)7-8-21-14(10-19-15(21)18)11-5-6-12(16)13(17)9-11/h5-6,9,14H,3-4,7-8,10H2,1-2H3,(H2,18,19). The summed E-state index contributed by atoms with van der Waals surface area (Å²) in [5.41, 5.74) is 6.91. The van der Waals surface area contributed by atoms with Gasteiger partial charge in [0.1, 0.15) is 5.82 Å². The lowest BCUT2D eigenvalue weighted by molar-refractivity contribution is 0.248. The number of guanidine groups is 1. The molecule has 0 bridgehead atoms. The van der Waals surface area contributed by atoms with Crippen molar-refractivity contribution in [3.8, 4) is 0 Å². The molecule has 0 saturated heterocycles. The molecular weight excluding hydrogens is 335 g/mol. The lowest BCUT2D eigenvalue weighted by Gasteiger charge is -2.29. The first kappa shape index (κ1) is 16.2. The normalized spacial score (nSPS) is 18.4. The molecule has 116 valence electrons. The lowest BCUT2D eigenvalue weighted by atomic mass is 10.1. The van der Waals surface area contributed by atoms with E-state index in [4.69, 9.17) is 5.73 Å². The second kappa shape index (κ2) is 7.22. The highest BCUT2D eigenvalue weighted by molar-refractivity contribution is 9.10. The Morgan fingerprint density at radius 2 is 2.14 bits per heavy atom. The molecule has 2 N–H and O–H groups in total. The summed E-state index contributed by atoms with van der Waals surface area (Å²) in [5, 5.41) is 0. The third-order valence-electron chi connectivity index (χ3n) is 3.98. The minimum atomic E-state index is -0.248. The summed E-state index contributed by atoms with van der Waals surface area (Å²) in [4.78, 5) is 8.73. The quantitative estimate of drug-likeness (QED) is 0.851. The fraction of sp³-hybridized carbons (Fsp3) is 0.533. The van der Waals surface area contributed by atoms with Gasteiger partial charge in [0.05, 0.1) is 17.1 Å². The SMILES string of the molecule is CCN(CC)CCN1C(N)=NCC1c1ccc(Br)c(F)c1. The van der Waals surface area contributed by atoms with Crippen molar-refractivity contribution in [1.29, 1.82) is 0 Å². The minimum Gasteiger partial charge on any atom is -0.370 e. The van der Waals surface area contributed by atoms with Crippen molar-refractivity contribution in [3.63, 3.8) is 0 Å². The summed E-state index contributed by atoms with van der Waals surface area (Å²) in [6.07, 6.45) is 0. The smallest absolute Gasteiger partial charge is 0.191 e. The van der Waals surface area contributed by atoms with E-state index < -0.39 is 0 Å². The molecule has 0 radical (unpaired) electrons. The Morgan fingerprint density at radius 1 is 1.43 bits per heavy atom.